The standard InChI is InChI=1S/C19H22BrN2O3P/c1-3-24-26(23,25-4-2)19(22-15-11-9-14(20)10-12-15)17-13-21-18-8-6-5-7-16(17)18/h5-13,19,21-22H,3-4H2,1-2H3. The van der Waals surface area contributed by atoms with Crippen LogP contribution in [0.5, 0.6) is 0 Å². The SMILES string of the molecule is CCOP(=O)(OCC)C(Nc1ccc(Br)cc1)c1c[nH]c2ccccc12. The van der Waals surface area contributed by atoms with E-state index in [0.29, 0.717) is 13.2 Å². The molecule has 0 amide bonds. The van der Waals surface area contributed by atoms with Crippen molar-refractivity contribution in [3.63, 3.8) is 0 Å². The first kappa shape index (κ1) is 19.2. The molecule has 1 aromatic heterocycles. The molecule has 3 rings (SSSR count). The summed E-state index contributed by atoms with van der Waals surface area (Å²) in [4.78, 5) is 3.24. The second-order valence-corrected chi connectivity index (χ2v) is 8.75. The lowest BCUT2D eigenvalue weighted by Crippen LogP contribution is -2.15. The van der Waals surface area contributed by atoms with E-state index in [4.69, 9.17) is 9.05 Å². The van der Waals surface area contributed by atoms with Crippen LogP contribution in [0.3, 0.4) is 0 Å². The highest BCUT2D eigenvalue weighted by molar-refractivity contribution is 9.10. The highest BCUT2D eigenvalue weighted by Gasteiger charge is 2.38. The molecule has 2 N–H and O–H groups in total. The number of hydrogen-bond acceptors (Lipinski definition) is 4. The van der Waals surface area contributed by atoms with Gasteiger partial charge in [0, 0.05) is 32.8 Å². The van der Waals surface area contributed by atoms with Crippen molar-refractivity contribution in [3.8, 4) is 0 Å². The Morgan fingerprint density at radius 2 is 1.73 bits per heavy atom. The Hall–Kier alpha value is -1.59. The highest BCUT2D eigenvalue weighted by atomic mass is 79.9. The van der Waals surface area contributed by atoms with Crippen LogP contribution in [0.1, 0.15) is 25.2 Å². The predicted octanol–water partition coefficient (Wildman–Crippen LogP) is 6.31. The predicted molar refractivity (Wildman–Crippen MR) is 110 cm³/mol. The first-order chi connectivity index (χ1) is 12.6. The first-order valence-electron chi connectivity index (χ1n) is 8.54. The maximum atomic E-state index is 13.6. The number of para-hydroxylation sites is 1. The molecule has 0 saturated carbocycles. The Bertz CT molecular complexity index is 901. The van der Waals surface area contributed by atoms with E-state index in [0.717, 1.165) is 26.6 Å². The van der Waals surface area contributed by atoms with Crippen LogP contribution in [0.4, 0.5) is 5.69 Å². The second-order valence-electron chi connectivity index (χ2n) is 5.72. The van der Waals surface area contributed by atoms with E-state index in [2.05, 4.69) is 26.2 Å². The molecule has 26 heavy (non-hydrogen) atoms. The number of hydrogen-bond donors (Lipinski definition) is 2. The van der Waals surface area contributed by atoms with Crippen molar-refractivity contribution < 1.29 is 13.6 Å². The zero-order valence-corrected chi connectivity index (χ0v) is 17.2. The van der Waals surface area contributed by atoms with Gasteiger partial charge in [0.2, 0.25) is 0 Å². The molecule has 0 aliphatic rings. The molecule has 3 aromatic rings. The quantitative estimate of drug-likeness (QED) is 0.406. The van der Waals surface area contributed by atoms with Gasteiger partial charge in [-0.1, -0.05) is 34.1 Å². The fraction of sp³-hybridized carbons (Fsp3) is 0.263. The summed E-state index contributed by atoms with van der Waals surface area (Å²) in [5.74, 6) is -0.625. The van der Waals surface area contributed by atoms with Gasteiger partial charge in [0.25, 0.3) is 0 Å². The largest absolute Gasteiger partial charge is 0.368 e. The number of nitrogens with one attached hydrogen (secondary N) is 2. The van der Waals surface area contributed by atoms with Gasteiger partial charge in [-0.3, -0.25) is 4.57 Å². The van der Waals surface area contributed by atoms with E-state index < -0.39 is 13.4 Å². The first-order valence-corrected chi connectivity index (χ1v) is 10.9. The summed E-state index contributed by atoms with van der Waals surface area (Å²) in [5, 5.41) is 4.34. The molecule has 0 spiro atoms. The normalized spacial score (nSPS) is 13.0. The molecule has 1 heterocycles. The Kier molecular flexibility index (Phi) is 6.20. The molecule has 1 unspecified atom stereocenters. The lowest BCUT2D eigenvalue weighted by atomic mass is 10.1. The summed E-state index contributed by atoms with van der Waals surface area (Å²) >= 11 is 3.44. The summed E-state index contributed by atoms with van der Waals surface area (Å²) in [6.45, 7) is 4.24. The average Bonchev–Trinajstić information content (AvgIpc) is 3.05. The monoisotopic (exact) mass is 436 g/mol. The third-order valence-electron chi connectivity index (χ3n) is 4.00. The lowest BCUT2D eigenvalue weighted by Gasteiger charge is -2.27. The number of anilines is 1. The molecule has 0 fully saturated rings. The molecule has 0 radical (unpaired) electrons. The molecule has 0 aliphatic heterocycles. The van der Waals surface area contributed by atoms with E-state index in [1.807, 2.05) is 68.6 Å². The minimum Gasteiger partial charge on any atom is -0.368 e. The van der Waals surface area contributed by atoms with E-state index in [1.54, 1.807) is 0 Å². The molecule has 138 valence electrons. The van der Waals surface area contributed by atoms with Gasteiger partial charge in [0.05, 0.1) is 13.2 Å². The van der Waals surface area contributed by atoms with Gasteiger partial charge >= 0.3 is 7.60 Å². The molecule has 5 nitrogen and oxygen atoms in total. The summed E-state index contributed by atoms with van der Waals surface area (Å²) in [6, 6.07) is 15.6. The number of fused-ring (bicyclic) bond motifs is 1. The average molecular weight is 437 g/mol. The van der Waals surface area contributed by atoms with Crippen molar-refractivity contribution in [2.45, 2.75) is 19.6 Å². The molecular weight excluding hydrogens is 415 g/mol. The van der Waals surface area contributed by atoms with E-state index in [-0.39, 0.29) is 0 Å². The van der Waals surface area contributed by atoms with Gasteiger partial charge in [0.15, 0.2) is 5.78 Å². The summed E-state index contributed by atoms with van der Waals surface area (Å²) in [5.41, 5.74) is 2.67. The Morgan fingerprint density at radius 3 is 2.38 bits per heavy atom. The van der Waals surface area contributed by atoms with Crippen LogP contribution in [0.15, 0.2) is 59.2 Å². The highest BCUT2D eigenvalue weighted by Crippen LogP contribution is 2.61. The Morgan fingerprint density at radius 1 is 1.08 bits per heavy atom. The number of benzene rings is 2. The van der Waals surface area contributed by atoms with Gasteiger partial charge in [-0.15, -0.1) is 0 Å². The molecule has 0 bridgehead atoms. The number of aromatic nitrogens is 1. The van der Waals surface area contributed by atoms with Crippen LogP contribution in [-0.2, 0) is 13.6 Å². The smallest absolute Gasteiger partial charge is 0.357 e. The number of halogens is 1. The minimum absolute atomic E-state index is 0.304. The van der Waals surface area contributed by atoms with E-state index in [9.17, 15) is 4.57 Å². The maximum Gasteiger partial charge on any atom is 0.357 e. The molecule has 1 atom stereocenters. The van der Waals surface area contributed by atoms with Crippen LogP contribution in [-0.4, -0.2) is 18.2 Å². The van der Waals surface area contributed by atoms with E-state index >= 15 is 0 Å². The fourth-order valence-electron chi connectivity index (χ4n) is 2.90. The number of aromatic amines is 1. The Balaban J connectivity index is 2.08. The summed E-state index contributed by atoms with van der Waals surface area (Å²) in [6.07, 6.45) is 1.87. The lowest BCUT2D eigenvalue weighted by molar-refractivity contribution is 0.214. The molecule has 7 heteroatoms. The summed E-state index contributed by atoms with van der Waals surface area (Å²) in [7, 11) is -3.44. The molecule has 2 aromatic carbocycles. The van der Waals surface area contributed by atoms with Crippen molar-refractivity contribution in [3.05, 3.63) is 64.8 Å². The second kappa shape index (κ2) is 8.40. The van der Waals surface area contributed by atoms with Gasteiger partial charge in [-0.25, -0.2) is 0 Å². The Labute approximate surface area is 161 Å². The van der Waals surface area contributed by atoms with Crippen LogP contribution >= 0.6 is 23.5 Å². The third-order valence-corrected chi connectivity index (χ3v) is 6.80. The van der Waals surface area contributed by atoms with E-state index in [1.165, 1.54) is 0 Å². The zero-order chi connectivity index (χ0) is 18.6. The zero-order valence-electron chi connectivity index (χ0n) is 14.7. The number of rotatable bonds is 8. The minimum atomic E-state index is -3.44. The van der Waals surface area contributed by atoms with Crippen molar-refractivity contribution in [2.24, 2.45) is 0 Å². The van der Waals surface area contributed by atoms with Gasteiger partial charge in [0.1, 0.15) is 0 Å². The molecular formula is C19H22BrN2O3P. The van der Waals surface area contributed by atoms with Gasteiger partial charge < -0.3 is 19.3 Å². The van der Waals surface area contributed by atoms with Crippen LogP contribution < -0.4 is 5.32 Å². The number of H-pyrrole nitrogens is 1. The fourth-order valence-corrected chi connectivity index (χ4v) is 5.12. The summed E-state index contributed by atoms with van der Waals surface area (Å²) < 4.78 is 25.9. The van der Waals surface area contributed by atoms with Gasteiger partial charge in [-0.05, 0) is 44.2 Å². The van der Waals surface area contributed by atoms with Crippen molar-refractivity contribution >= 4 is 40.1 Å². The van der Waals surface area contributed by atoms with Crippen LogP contribution in [0.2, 0.25) is 0 Å². The van der Waals surface area contributed by atoms with Crippen molar-refractivity contribution in [1.29, 1.82) is 0 Å². The van der Waals surface area contributed by atoms with Gasteiger partial charge in [-0.2, -0.15) is 0 Å². The van der Waals surface area contributed by atoms with Crippen molar-refractivity contribution in [1.82, 2.24) is 4.98 Å². The molecule has 0 saturated heterocycles. The van der Waals surface area contributed by atoms with Crippen LogP contribution in [0.25, 0.3) is 10.9 Å². The maximum absolute atomic E-state index is 13.6. The topological polar surface area (TPSA) is 63.4 Å². The third kappa shape index (κ3) is 4.04. The molecule has 0 aliphatic carbocycles. The van der Waals surface area contributed by atoms with Crippen molar-refractivity contribution in [2.75, 3.05) is 18.5 Å². The van der Waals surface area contributed by atoms with Crippen LogP contribution in [0, 0.1) is 0 Å².